The lowest BCUT2D eigenvalue weighted by atomic mass is 10.1. The SMILES string of the molecule is CCCNC(=O)C(C)N(Cc1ccccc1)C(=O)COc1cccc(C)c1C. The van der Waals surface area contributed by atoms with E-state index < -0.39 is 6.04 Å². The Morgan fingerprint density at radius 1 is 1.07 bits per heavy atom. The number of hydrogen-bond donors (Lipinski definition) is 1. The van der Waals surface area contributed by atoms with Crippen molar-refractivity contribution in [2.24, 2.45) is 0 Å². The fraction of sp³-hybridized carbons (Fsp3) is 0.391. The zero-order valence-corrected chi connectivity index (χ0v) is 17.2. The summed E-state index contributed by atoms with van der Waals surface area (Å²) in [5, 5.41) is 2.87. The molecule has 0 aliphatic carbocycles. The van der Waals surface area contributed by atoms with E-state index >= 15 is 0 Å². The van der Waals surface area contributed by atoms with Crippen molar-refractivity contribution < 1.29 is 14.3 Å². The van der Waals surface area contributed by atoms with E-state index in [0.717, 1.165) is 23.1 Å². The van der Waals surface area contributed by atoms with Gasteiger partial charge in [0.1, 0.15) is 11.8 Å². The number of amides is 2. The largest absolute Gasteiger partial charge is 0.483 e. The second kappa shape index (κ2) is 10.5. The van der Waals surface area contributed by atoms with Crippen molar-refractivity contribution in [1.82, 2.24) is 10.2 Å². The standard InChI is InChI=1S/C23H30N2O3/c1-5-14-24-23(27)19(4)25(15-20-11-7-6-8-12-20)22(26)16-28-21-13-9-10-17(2)18(21)3/h6-13,19H,5,14-16H2,1-4H3,(H,24,27). The summed E-state index contributed by atoms with van der Waals surface area (Å²) in [5.74, 6) is 0.317. The molecule has 0 saturated carbocycles. The zero-order valence-electron chi connectivity index (χ0n) is 17.2. The minimum absolute atomic E-state index is 0.109. The smallest absolute Gasteiger partial charge is 0.261 e. The summed E-state index contributed by atoms with van der Waals surface area (Å²) < 4.78 is 5.79. The van der Waals surface area contributed by atoms with Gasteiger partial charge in [-0.05, 0) is 49.9 Å². The van der Waals surface area contributed by atoms with E-state index in [1.54, 1.807) is 11.8 Å². The van der Waals surface area contributed by atoms with Gasteiger partial charge in [-0.25, -0.2) is 0 Å². The molecule has 0 saturated heterocycles. The normalized spacial score (nSPS) is 11.6. The van der Waals surface area contributed by atoms with Crippen molar-refractivity contribution in [3.63, 3.8) is 0 Å². The van der Waals surface area contributed by atoms with Gasteiger partial charge in [0.25, 0.3) is 5.91 Å². The van der Waals surface area contributed by atoms with Crippen LogP contribution in [-0.2, 0) is 16.1 Å². The summed E-state index contributed by atoms with van der Waals surface area (Å²) in [5.41, 5.74) is 3.09. The summed E-state index contributed by atoms with van der Waals surface area (Å²) in [6, 6.07) is 14.9. The van der Waals surface area contributed by atoms with Crippen LogP contribution in [0.4, 0.5) is 0 Å². The molecule has 1 N–H and O–H groups in total. The van der Waals surface area contributed by atoms with Gasteiger partial charge in [-0.3, -0.25) is 9.59 Å². The van der Waals surface area contributed by atoms with Crippen LogP contribution in [0.25, 0.3) is 0 Å². The van der Waals surface area contributed by atoms with Crippen LogP contribution in [0.3, 0.4) is 0 Å². The molecule has 2 amide bonds. The molecule has 0 aromatic heterocycles. The third-order valence-corrected chi connectivity index (χ3v) is 4.82. The topological polar surface area (TPSA) is 58.6 Å². The van der Waals surface area contributed by atoms with Crippen LogP contribution in [0.2, 0.25) is 0 Å². The Labute approximate surface area is 167 Å². The molecular formula is C23H30N2O3. The lowest BCUT2D eigenvalue weighted by Gasteiger charge is -2.29. The number of hydrogen-bond acceptors (Lipinski definition) is 3. The predicted octanol–water partition coefficient (Wildman–Crippen LogP) is 3.63. The highest BCUT2D eigenvalue weighted by molar-refractivity contribution is 5.87. The van der Waals surface area contributed by atoms with Gasteiger partial charge >= 0.3 is 0 Å². The maximum absolute atomic E-state index is 13.0. The van der Waals surface area contributed by atoms with Gasteiger partial charge < -0.3 is 15.0 Å². The molecule has 0 radical (unpaired) electrons. The van der Waals surface area contributed by atoms with Crippen LogP contribution >= 0.6 is 0 Å². The van der Waals surface area contributed by atoms with E-state index in [9.17, 15) is 9.59 Å². The number of nitrogens with zero attached hydrogens (tertiary/aromatic N) is 1. The van der Waals surface area contributed by atoms with Crippen LogP contribution in [-0.4, -0.2) is 35.9 Å². The van der Waals surface area contributed by atoms with Crippen molar-refractivity contribution in [3.05, 3.63) is 65.2 Å². The molecule has 0 aliphatic heterocycles. The number of carbonyl (C=O) groups is 2. The molecule has 0 aliphatic rings. The highest BCUT2D eigenvalue weighted by atomic mass is 16.5. The molecule has 0 heterocycles. The molecule has 0 spiro atoms. The maximum atomic E-state index is 13.0. The molecule has 5 heteroatoms. The Hall–Kier alpha value is -2.82. The average Bonchev–Trinajstić information content (AvgIpc) is 2.71. The number of nitrogens with one attached hydrogen (secondary N) is 1. The average molecular weight is 383 g/mol. The van der Waals surface area contributed by atoms with Crippen LogP contribution < -0.4 is 10.1 Å². The predicted molar refractivity (Wildman–Crippen MR) is 111 cm³/mol. The molecule has 0 fully saturated rings. The third-order valence-electron chi connectivity index (χ3n) is 4.82. The van der Waals surface area contributed by atoms with Crippen molar-refractivity contribution in [2.45, 2.75) is 46.7 Å². The molecule has 2 aromatic rings. The monoisotopic (exact) mass is 382 g/mol. The Morgan fingerprint density at radius 3 is 2.46 bits per heavy atom. The number of rotatable bonds is 9. The number of benzene rings is 2. The minimum atomic E-state index is -0.582. The van der Waals surface area contributed by atoms with Gasteiger partial charge in [0.15, 0.2) is 6.61 Å². The van der Waals surface area contributed by atoms with Crippen molar-refractivity contribution in [2.75, 3.05) is 13.2 Å². The van der Waals surface area contributed by atoms with Crippen LogP contribution in [0, 0.1) is 13.8 Å². The van der Waals surface area contributed by atoms with Gasteiger partial charge in [-0.1, -0.05) is 49.4 Å². The Balaban J connectivity index is 2.13. The zero-order chi connectivity index (χ0) is 20.5. The van der Waals surface area contributed by atoms with Gasteiger partial charge in [0.2, 0.25) is 5.91 Å². The fourth-order valence-electron chi connectivity index (χ4n) is 2.86. The summed E-state index contributed by atoms with van der Waals surface area (Å²) in [7, 11) is 0. The molecule has 1 unspecified atom stereocenters. The molecule has 5 nitrogen and oxygen atoms in total. The minimum Gasteiger partial charge on any atom is -0.483 e. The molecule has 28 heavy (non-hydrogen) atoms. The fourth-order valence-corrected chi connectivity index (χ4v) is 2.86. The summed E-state index contributed by atoms with van der Waals surface area (Å²) in [4.78, 5) is 27.0. The number of carbonyl (C=O) groups excluding carboxylic acids is 2. The Kier molecular flexibility index (Phi) is 8.05. The van der Waals surface area contributed by atoms with Crippen LogP contribution in [0.15, 0.2) is 48.5 Å². The van der Waals surface area contributed by atoms with Gasteiger partial charge in [0.05, 0.1) is 0 Å². The molecule has 0 bridgehead atoms. The molecule has 1 atom stereocenters. The first kappa shape index (κ1) is 21.5. The highest BCUT2D eigenvalue weighted by Gasteiger charge is 2.26. The van der Waals surface area contributed by atoms with E-state index in [4.69, 9.17) is 4.74 Å². The van der Waals surface area contributed by atoms with E-state index in [-0.39, 0.29) is 18.4 Å². The Morgan fingerprint density at radius 2 is 1.79 bits per heavy atom. The van der Waals surface area contributed by atoms with Crippen molar-refractivity contribution in [1.29, 1.82) is 0 Å². The summed E-state index contributed by atoms with van der Waals surface area (Å²) in [6.45, 7) is 8.57. The molecule has 150 valence electrons. The van der Waals surface area contributed by atoms with Gasteiger partial charge in [-0.2, -0.15) is 0 Å². The summed E-state index contributed by atoms with van der Waals surface area (Å²) >= 11 is 0. The first-order valence-corrected chi connectivity index (χ1v) is 9.74. The first-order valence-electron chi connectivity index (χ1n) is 9.74. The van der Waals surface area contributed by atoms with E-state index in [2.05, 4.69) is 5.32 Å². The van der Waals surface area contributed by atoms with Crippen LogP contribution in [0.5, 0.6) is 5.75 Å². The number of ether oxygens (including phenoxy) is 1. The third kappa shape index (κ3) is 5.84. The number of aryl methyl sites for hydroxylation is 1. The van der Waals surface area contributed by atoms with E-state index in [1.165, 1.54) is 0 Å². The molecule has 2 aromatic carbocycles. The second-order valence-corrected chi connectivity index (χ2v) is 6.96. The summed E-state index contributed by atoms with van der Waals surface area (Å²) in [6.07, 6.45) is 0.848. The lowest BCUT2D eigenvalue weighted by Crippen LogP contribution is -2.49. The molecule has 2 rings (SSSR count). The first-order chi connectivity index (χ1) is 13.4. The van der Waals surface area contributed by atoms with Gasteiger partial charge in [-0.15, -0.1) is 0 Å². The van der Waals surface area contributed by atoms with Crippen molar-refractivity contribution in [3.8, 4) is 5.75 Å². The van der Waals surface area contributed by atoms with Crippen LogP contribution in [0.1, 0.15) is 37.0 Å². The highest BCUT2D eigenvalue weighted by Crippen LogP contribution is 2.21. The van der Waals surface area contributed by atoms with E-state index in [0.29, 0.717) is 18.8 Å². The quantitative estimate of drug-likeness (QED) is 0.721. The Bertz CT molecular complexity index is 790. The second-order valence-electron chi connectivity index (χ2n) is 6.96. The van der Waals surface area contributed by atoms with Crippen molar-refractivity contribution >= 4 is 11.8 Å². The van der Waals surface area contributed by atoms with E-state index in [1.807, 2.05) is 69.3 Å². The lowest BCUT2D eigenvalue weighted by molar-refractivity contribution is -0.142. The molecular weight excluding hydrogens is 352 g/mol. The van der Waals surface area contributed by atoms with Gasteiger partial charge in [0, 0.05) is 13.1 Å². The maximum Gasteiger partial charge on any atom is 0.261 e.